The predicted molar refractivity (Wildman–Crippen MR) is 148 cm³/mol. The van der Waals surface area contributed by atoms with Crippen molar-refractivity contribution < 1.29 is 24.0 Å². The Kier molecular flexibility index (Phi) is 7.55. The number of benzene rings is 3. The first kappa shape index (κ1) is 26.7. The first-order valence-electron chi connectivity index (χ1n) is 11.2. The van der Waals surface area contributed by atoms with E-state index in [1.54, 1.807) is 36.4 Å². The Labute approximate surface area is 237 Å². The predicted octanol–water partition coefficient (Wildman–Crippen LogP) is 6.27. The van der Waals surface area contributed by atoms with Crippen LogP contribution in [0, 0.1) is 15.9 Å². The molecule has 2 heterocycles. The third-order valence-corrected chi connectivity index (χ3v) is 8.51. The molecule has 0 radical (unpaired) electrons. The van der Waals surface area contributed by atoms with Crippen molar-refractivity contribution in [2.75, 3.05) is 4.90 Å². The minimum Gasteiger partial charge on any atom is -0.507 e. The Morgan fingerprint density at radius 1 is 1.05 bits per heavy atom. The Balaban J connectivity index is 1.54. The standard InChI is InChI=1S/C26H16BrFN4O5S2/c27-17-7-3-16(4-8-17)22(33)20-21(15-5-11-19(12-6-15)32(36)37)31(24(35)23(20)34)25-29-30-26(39-25)38-13-14-1-9-18(28)10-2-14/h1-12,21,33H,13H2/b22-20-. The van der Waals surface area contributed by atoms with Crippen LogP contribution in [0.3, 0.4) is 0 Å². The topological polar surface area (TPSA) is 127 Å². The van der Waals surface area contributed by atoms with Crippen molar-refractivity contribution in [2.24, 2.45) is 0 Å². The van der Waals surface area contributed by atoms with Crippen molar-refractivity contribution in [3.8, 4) is 0 Å². The van der Waals surface area contributed by atoms with E-state index in [9.17, 15) is 29.2 Å². The number of ketones is 1. The summed E-state index contributed by atoms with van der Waals surface area (Å²) in [6, 6.07) is 16.9. The molecule has 0 saturated carbocycles. The number of nitro groups is 1. The number of nitrogens with zero attached hydrogens (tertiary/aromatic N) is 4. The SMILES string of the molecule is O=C1C(=O)N(c2nnc(SCc3ccc(F)cc3)s2)C(c2ccc([N+](=O)[O-])cc2)/C1=C(/O)c1ccc(Br)cc1. The highest BCUT2D eigenvalue weighted by atomic mass is 79.9. The molecule has 1 amide bonds. The van der Waals surface area contributed by atoms with Crippen LogP contribution >= 0.6 is 39.0 Å². The maximum atomic E-state index is 13.3. The number of nitro benzene ring substituents is 1. The van der Waals surface area contributed by atoms with Crippen LogP contribution in [0.25, 0.3) is 5.76 Å². The molecule has 5 rings (SSSR count). The monoisotopic (exact) mass is 626 g/mol. The summed E-state index contributed by atoms with van der Waals surface area (Å²) in [6.45, 7) is 0. The third kappa shape index (κ3) is 5.46. The van der Waals surface area contributed by atoms with Gasteiger partial charge in [-0.25, -0.2) is 4.39 Å². The number of hydrogen-bond donors (Lipinski definition) is 1. The summed E-state index contributed by atoms with van der Waals surface area (Å²) in [5, 5.41) is 30.7. The summed E-state index contributed by atoms with van der Waals surface area (Å²) in [5.74, 6) is -2.09. The average Bonchev–Trinajstić information content (AvgIpc) is 3.50. The van der Waals surface area contributed by atoms with E-state index >= 15 is 0 Å². The zero-order valence-corrected chi connectivity index (χ0v) is 22.9. The molecule has 1 unspecified atom stereocenters. The molecule has 1 N–H and O–H groups in total. The number of carbonyl (C=O) groups excluding carboxylic acids is 2. The van der Waals surface area contributed by atoms with Crippen molar-refractivity contribution >= 4 is 67.3 Å². The summed E-state index contributed by atoms with van der Waals surface area (Å²) in [7, 11) is 0. The second kappa shape index (κ2) is 11.0. The number of anilines is 1. The molecule has 1 aliphatic heterocycles. The minimum atomic E-state index is -1.10. The molecule has 39 heavy (non-hydrogen) atoms. The summed E-state index contributed by atoms with van der Waals surface area (Å²) >= 11 is 5.73. The maximum Gasteiger partial charge on any atom is 0.301 e. The van der Waals surface area contributed by atoms with Gasteiger partial charge in [0.15, 0.2) is 4.34 Å². The Hall–Kier alpha value is -3.94. The fourth-order valence-electron chi connectivity index (χ4n) is 3.97. The van der Waals surface area contributed by atoms with Gasteiger partial charge in [0.1, 0.15) is 11.6 Å². The molecule has 4 aromatic rings. The van der Waals surface area contributed by atoms with Crippen molar-refractivity contribution in [1.29, 1.82) is 0 Å². The molecule has 1 saturated heterocycles. The molecular formula is C26H16BrFN4O5S2. The molecule has 3 aromatic carbocycles. The van der Waals surface area contributed by atoms with Gasteiger partial charge in [-0.2, -0.15) is 0 Å². The minimum absolute atomic E-state index is 0.122. The van der Waals surface area contributed by atoms with E-state index in [2.05, 4.69) is 26.1 Å². The maximum absolute atomic E-state index is 13.3. The number of halogens is 2. The number of non-ortho nitro benzene ring substituents is 1. The van der Waals surface area contributed by atoms with Gasteiger partial charge in [-0.1, -0.05) is 63.3 Å². The molecule has 0 spiro atoms. The lowest BCUT2D eigenvalue weighted by atomic mass is 9.95. The summed E-state index contributed by atoms with van der Waals surface area (Å²) in [4.78, 5) is 38.3. The number of hydrogen-bond acceptors (Lipinski definition) is 9. The van der Waals surface area contributed by atoms with Crippen molar-refractivity contribution in [1.82, 2.24) is 10.2 Å². The summed E-state index contributed by atoms with van der Waals surface area (Å²) in [6.07, 6.45) is 0. The zero-order chi connectivity index (χ0) is 27.7. The van der Waals surface area contributed by atoms with E-state index < -0.39 is 22.7 Å². The summed E-state index contributed by atoms with van der Waals surface area (Å²) in [5.41, 5.74) is 1.20. The molecule has 1 aromatic heterocycles. The lowest BCUT2D eigenvalue weighted by Gasteiger charge is -2.22. The Bertz CT molecular complexity index is 1610. The first-order valence-corrected chi connectivity index (χ1v) is 13.8. The van der Waals surface area contributed by atoms with Gasteiger partial charge in [0.05, 0.1) is 16.5 Å². The molecule has 1 aliphatic rings. The van der Waals surface area contributed by atoms with Gasteiger partial charge in [0, 0.05) is 27.9 Å². The van der Waals surface area contributed by atoms with Crippen LogP contribution in [0.5, 0.6) is 0 Å². The average molecular weight is 627 g/mol. The van der Waals surface area contributed by atoms with Gasteiger partial charge in [-0.3, -0.25) is 24.6 Å². The number of carbonyl (C=O) groups is 2. The molecule has 1 fully saturated rings. The van der Waals surface area contributed by atoms with E-state index in [1.165, 1.54) is 48.2 Å². The molecule has 9 nitrogen and oxygen atoms in total. The van der Waals surface area contributed by atoms with Gasteiger partial charge in [0.2, 0.25) is 5.13 Å². The van der Waals surface area contributed by atoms with Gasteiger partial charge in [-0.05, 0) is 47.5 Å². The second-order valence-electron chi connectivity index (χ2n) is 8.29. The smallest absolute Gasteiger partial charge is 0.301 e. The highest BCUT2D eigenvalue weighted by Gasteiger charge is 2.48. The van der Waals surface area contributed by atoms with Crippen molar-refractivity contribution in [3.05, 3.63) is 115 Å². The zero-order valence-electron chi connectivity index (χ0n) is 19.7. The van der Waals surface area contributed by atoms with E-state index in [-0.39, 0.29) is 28.0 Å². The van der Waals surface area contributed by atoms with Crippen LogP contribution in [-0.4, -0.2) is 31.9 Å². The summed E-state index contributed by atoms with van der Waals surface area (Å²) < 4.78 is 14.5. The van der Waals surface area contributed by atoms with Crippen LogP contribution in [0.15, 0.2) is 87.2 Å². The highest BCUT2D eigenvalue weighted by molar-refractivity contribution is 9.10. The molecular weight excluding hydrogens is 611 g/mol. The number of thioether (sulfide) groups is 1. The number of amides is 1. The molecule has 13 heteroatoms. The van der Waals surface area contributed by atoms with Gasteiger partial charge >= 0.3 is 5.91 Å². The van der Waals surface area contributed by atoms with Crippen LogP contribution in [0.1, 0.15) is 22.7 Å². The van der Waals surface area contributed by atoms with E-state index in [4.69, 9.17) is 0 Å². The van der Waals surface area contributed by atoms with E-state index in [0.717, 1.165) is 26.3 Å². The number of rotatable bonds is 7. The van der Waals surface area contributed by atoms with Crippen LogP contribution in [0.4, 0.5) is 15.2 Å². The molecule has 1 atom stereocenters. The molecule has 0 aliphatic carbocycles. The largest absolute Gasteiger partial charge is 0.507 e. The number of aliphatic hydroxyl groups excluding tert-OH is 1. The fraction of sp³-hybridized carbons (Fsp3) is 0.0769. The van der Waals surface area contributed by atoms with Crippen molar-refractivity contribution in [2.45, 2.75) is 16.1 Å². The van der Waals surface area contributed by atoms with Gasteiger partial charge in [-0.15, -0.1) is 10.2 Å². The molecule has 196 valence electrons. The fourth-order valence-corrected chi connectivity index (χ4v) is 6.06. The normalized spacial score (nSPS) is 16.6. The van der Waals surface area contributed by atoms with Crippen LogP contribution < -0.4 is 4.90 Å². The highest BCUT2D eigenvalue weighted by Crippen LogP contribution is 2.44. The van der Waals surface area contributed by atoms with Crippen LogP contribution in [-0.2, 0) is 15.3 Å². The number of Topliss-reactive ketones (excluding diaryl/α,β-unsaturated/α-hetero) is 1. The lowest BCUT2D eigenvalue weighted by Crippen LogP contribution is -2.29. The number of aromatic nitrogens is 2. The van der Waals surface area contributed by atoms with E-state index in [0.29, 0.717) is 21.2 Å². The van der Waals surface area contributed by atoms with E-state index in [1.807, 2.05) is 0 Å². The Morgan fingerprint density at radius 2 is 1.72 bits per heavy atom. The lowest BCUT2D eigenvalue weighted by molar-refractivity contribution is -0.384. The Morgan fingerprint density at radius 3 is 2.36 bits per heavy atom. The second-order valence-corrected chi connectivity index (χ2v) is 11.4. The van der Waals surface area contributed by atoms with Gasteiger partial charge < -0.3 is 5.11 Å². The number of aliphatic hydroxyl groups is 1. The molecule has 0 bridgehead atoms. The van der Waals surface area contributed by atoms with Crippen LogP contribution in [0.2, 0.25) is 0 Å². The van der Waals surface area contributed by atoms with Crippen molar-refractivity contribution in [3.63, 3.8) is 0 Å². The van der Waals surface area contributed by atoms with Gasteiger partial charge in [0.25, 0.3) is 11.5 Å². The third-order valence-electron chi connectivity index (χ3n) is 5.86. The first-order chi connectivity index (χ1) is 18.7. The quantitative estimate of drug-likeness (QED) is 0.0484.